The predicted octanol–water partition coefficient (Wildman–Crippen LogP) is 5.53. The highest BCUT2D eigenvalue weighted by Gasteiger charge is 2.13. The van der Waals surface area contributed by atoms with Gasteiger partial charge in [-0.05, 0) is 52.7 Å². The van der Waals surface area contributed by atoms with Gasteiger partial charge in [-0.1, -0.05) is 57.2 Å². The number of anilines is 1. The van der Waals surface area contributed by atoms with Crippen molar-refractivity contribution in [3.05, 3.63) is 82.0 Å². The van der Waals surface area contributed by atoms with Gasteiger partial charge >= 0.3 is 0 Å². The molecule has 0 saturated heterocycles. The van der Waals surface area contributed by atoms with E-state index < -0.39 is 6.10 Å². The van der Waals surface area contributed by atoms with Crippen LogP contribution in [0, 0.1) is 0 Å². The second kappa shape index (κ2) is 10.8. The monoisotopic (exact) mass is 438 g/mol. The molecular weight excluding hydrogens is 404 g/mol. The summed E-state index contributed by atoms with van der Waals surface area (Å²) in [6.07, 6.45) is -0.567. The summed E-state index contributed by atoms with van der Waals surface area (Å²) in [6.45, 7) is 9.17. The van der Waals surface area contributed by atoms with Crippen LogP contribution in [-0.2, 0) is 18.5 Å². The molecule has 0 aliphatic carbocycles. The van der Waals surface area contributed by atoms with Gasteiger partial charge in [-0.3, -0.25) is 4.90 Å². The number of hydrogen-bond donors (Lipinski definition) is 2. The lowest BCUT2D eigenvalue weighted by Gasteiger charge is -2.21. The normalized spacial score (nSPS) is 12.7. The minimum absolute atomic E-state index is 0.179. The van der Waals surface area contributed by atoms with Gasteiger partial charge in [0, 0.05) is 30.7 Å². The molecule has 0 aliphatic heterocycles. The van der Waals surface area contributed by atoms with E-state index in [1.165, 1.54) is 16.7 Å². The lowest BCUT2D eigenvalue weighted by atomic mass is 9.87. The number of thiophene rings is 1. The number of nitrogens with zero attached hydrogens (tertiary/aromatic N) is 1. The predicted molar refractivity (Wildman–Crippen MR) is 131 cm³/mol. The van der Waals surface area contributed by atoms with Gasteiger partial charge in [-0.2, -0.15) is 11.3 Å². The second-order valence-corrected chi connectivity index (χ2v) is 9.90. The van der Waals surface area contributed by atoms with E-state index in [1.54, 1.807) is 11.3 Å². The highest BCUT2D eigenvalue weighted by Crippen LogP contribution is 2.23. The quantitative estimate of drug-likeness (QED) is 0.437. The molecule has 0 radical (unpaired) electrons. The SMILES string of the molecule is CN(Cc1ccc(C(C)(C)C)cc1)Cc1cccc(OCC(O)CNc2ccsc2)c1. The maximum atomic E-state index is 10.2. The van der Waals surface area contributed by atoms with Gasteiger partial charge < -0.3 is 15.2 Å². The molecule has 3 rings (SSSR count). The first-order valence-electron chi connectivity index (χ1n) is 10.7. The minimum Gasteiger partial charge on any atom is -0.491 e. The second-order valence-electron chi connectivity index (χ2n) is 9.12. The molecule has 0 amide bonds. The Kier molecular flexibility index (Phi) is 8.13. The fourth-order valence-electron chi connectivity index (χ4n) is 3.38. The summed E-state index contributed by atoms with van der Waals surface area (Å²) in [5.41, 5.74) is 5.07. The maximum absolute atomic E-state index is 10.2. The Labute approximate surface area is 190 Å². The van der Waals surface area contributed by atoms with Crippen molar-refractivity contribution in [2.24, 2.45) is 0 Å². The summed E-state index contributed by atoms with van der Waals surface area (Å²) in [6, 6.07) is 19.0. The highest BCUT2D eigenvalue weighted by molar-refractivity contribution is 7.08. The van der Waals surface area contributed by atoms with E-state index in [2.05, 4.69) is 74.4 Å². The van der Waals surface area contributed by atoms with E-state index in [1.807, 2.05) is 29.0 Å². The zero-order valence-electron chi connectivity index (χ0n) is 19.0. The Morgan fingerprint density at radius 3 is 2.45 bits per heavy atom. The van der Waals surface area contributed by atoms with E-state index in [4.69, 9.17) is 4.74 Å². The van der Waals surface area contributed by atoms with Gasteiger partial charge in [0.15, 0.2) is 0 Å². The Bertz CT molecular complexity index is 917. The van der Waals surface area contributed by atoms with Gasteiger partial charge in [-0.15, -0.1) is 0 Å². The van der Waals surface area contributed by atoms with Crippen LogP contribution in [0.1, 0.15) is 37.5 Å². The summed E-state index contributed by atoms with van der Waals surface area (Å²) in [5, 5.41) is 17.4. The fraction of sp³-hybridized carbons (Fsp3) is 0.385. The van der Waals surface area contributed by atoms with Gasteiger partial charge in [0.05, 0.1) is 0 Å². The molecule has 2 aromatic carbocycles. The lowest BCUT2D eigenvalue weighted by molar-refractivity contribution is 0.117. The van der Waals surface area contributed by atoms with E-state index in [9.17, 15) is 5.11 Å². The molecule has 4 nitrogen and oxygen atoms in total. The van der Waals surface area contributed by atoms with Crippen molar-refractivity contribution >= 4 is 17.0 Å². The van der Waals surface area contributed by atoms with Crippen LogP contribution in [0.3, 0.4) is 0 Å². The first kappa shape index (κ1) is 23.3. The van der Waals surface area contributed by atoms with Crippen molar-refractivity contribution in [2.45, 2.75) is 45.4 Å². The number of ether oxygens (including phenoxy) is 1. The third-order valence-corrected chi connectivity index (χ3v) is 5.81. The standard InChI is InChI=1S/C26H34N2O2S/c1-26(2,3)22-10-8-20(9-11-22)16-28(4)17-21-6-5-7-25(14-21)30-18-24(29)15-27-23-12-13-31-19-23/h5-14,19,24,27,29H,15-18H2,1-4H3. The summed E-state index contributed by atoms with van der Waals surface area (Å²) < 4.78 is 5.82. The Morgan fingerprint density at radius 2 is 1.77 bits per heavy atom. The highest BCUT2D eigenvalue weighted by atomic mass is 32.1. The smallest absolute Gasteiger partial charge is 0.119 e. The number of nitrogens with one attached hydrogen (secondary N) is 1. The van der Waals surface area contributed by atoms with Crippen molar-refractivity contribution < 1.29 is 9.84 Å². The number of hydrogen-bond acceptors (Lipinski definition) is 5. The molecular formula is C26H34N2O2S. The molecule has 1 atom stereocenters. The molecule has 0 bridgehead atoms. The summed E-state index contributed by atoms with van der Waals surface area (Å²) in [4.78, 5) is 2.30. The Balaban J connectivity index is 1.46. The largest absolute Gasteiger partial charge is 0.491 e. The average molecular weight is 439 g/mol. The molecule has 1 heterocycles. The van der Waals surface area contributed by atoms with Crippen LogP contribution in [0.2, 0.25) is 0 Å². The average Bonchev–Trinajstić information content (AvgIpc) is 3.24. The van der Waals surface area contributed by atoms with E-state index in [0.29, 0.717) is 6.54 Å². The van der Waals surface area contributed by atoms with Gasteiger partial charge in [0.1, 0.15) is 18.5 Å². The molecule has 0 saturated carbocycles. The van der Waals surface area contributed by atoms with Crippen molar-refractivity contribution in [3.63, 3.8) is 0 Å². The molecule has 5 heteroatoms. The van der Waals surface area contributed by atoms with Crippen LogP contribution < -0.4 is 10.1 Å². The number of rotatable bonds is 10. The number of aliphatic hydroxyl groups is 1. The zero-order chi connectivity index (χ0) is 22.3. The summed E-state index contributed by atoms with van der Waals surface area (Å²) in [5.74, 6) is 0.787. The van der Waals surface area contributed by atoms with Crippen LogP contribution in [0.25, 0.3) is 0 Å². The third-order valence-electron chi connectivity index (χ3n) is 5.13. The van der Waals surface area contributed by atoms with Crippen molar-refractivity contribution in [1.29, 1.82) is 0 Å². The zero-order valence-corrected chi connectivity index (χ0v) is 19.8. The van der Waals surface area contributed by atoms with Crippen molar-refractivity contribution in [1.82, 2.24) is 4.90 Å². The maximum Gasteiger partial charge on any atom is 0.119 e. The van der Waals surface area contributed by atoms with Crippen molar-refractivity contribution in [3.8, 4) is 5.75 Å². The number of aliphatic hydroxyl groups excluding tert-OH is 1. The first-order valence-corrected chi connectivity index (χ1v) is 11.7. The van der Waals surface area contributed by atoms with Crippen LogP contribution in [0.4, 0.5) is 5.69 Å². The van der Waals surface area contributed by atoms with Gasteiger partial charge in [0.2, 0.25) is 0 Å². The molecule has 1 aromatic heterocycles. The van der Waals surface area contributed by atoms with Crippen LogP contribution in [-0.4, -0.2) is 36.3 Å². The molecule has 0 spiro atoms. The minimum atomic E-state index is -0.567. The van der Waals surface area contributed by atoms with Crippen LogP contribution >= 0.6 is 11.3 Å². The lowest BCUT2D eigenvalue weighted by Crippen LogP contribution is -2.26. The third kappa shape index (κ3) is 7.69. The van der Waals surface area contributed by atoms with E-state index in [-0.39, 0.29) is 12.0 Å². The molecule has 31 heavy (non-hydrogen) atoms. The first-order chi connectivity index (χ1) is 14.8. The number of benzene rings is 2. The Hall–Kier alpha value is -2.34. The van der Waals surface area contributed by atoms with Crippen LogP contribution in [0.5, 0.6) is 5.75 Å². The van der Waals surface area contributed by atoms with Crippen LogP contribution in [0.15, 0.2) is 65.4 Å². The van der Waals surface area contributed by atoms with Gasteiger partial charge in [0.25, 0.3) is 0 Å². The van der Waals surface area contributed by atoms with E-state index >= 15 is 0 Å². The van der Waals surface area contributed by atoms with Crippen molar-refractivity contribution in [2.75, 3.05) is 25.5 Å². The fourth-order valence-corrected chi connectivity index (χ4v) is 3.99. The molecule has 166 valence electrons. The Morgan fingerprint density at radius 1 is 1.03 bits per heavy atom. The molecule has 1 unspecified atom stereocenters. The molecule has 3 aromatic rings. The van der Waals surface area contributed by atoms with Gasteiger partial charge in [-0.25, -0.2) is 0 Å². The molecule has 2 N–H and O–H groups in total. The van der Waals surface area contributed by atoms with E-state index in [0.717, 1.165) is 24.5 Å². The topological polar surface area (TPSA) is 44.7 Å². The summed E-state index contributed by atoms with van der Waals surface area (Å²) in [7, 11) is 2.13. The summed E-state index contributed by atoms with van der Waals surface area (Å²) >= 11 is 1.63. The molecule has 0 aliphatic rings. The molecule has 0 fully saturated rings.